The Bertz CT molecular complexity index is 532. The van der Waals surface area contributed by atoms with Gasteiger partial charge in [-0.05, 0) is 20.8 Å². The first-order valence-corrected chi connectivity index (χ1v) is 7.50. The zero-order valence-electron chi connectivity index (χ0n) is 12.3. The van der Waals surface area contributed by atoms with Gasteiger partial charge in [0, 0.05) is 18.5 Å². The highest BCUT2D eigenvalue weighted by molar-refractivity contribution is 7.09. The summed E-state index contributed by atoms with van der Waals surface area (Å²) in [5.74, 6) is -0.292. The minimum atomic E-state index is -0.521. The van der Waals surface area contributed by atoms with Gasteiger partial charge >= 0.3 is 6.09 Å². The molecule has 2 N–H and O–H groups in total. The predicted molar refractivity (Wildman–Crippen MR) is 77.1 cm³/mol. The van der Waals surface area contributed by atoms with E-state index in [1.807, 2.05) is 20.8 Å². The lowest BCUT2D eigenvalue weighted by atomic mass is 10.1. The van der Waals surface area contributed by atoms with Gasteiger partial charge in [-0.15, -0.1) is 11.3 Å². The molecule has 8 heteroatoms. The van der Waals surface area contributed by atoms with Crippen LogP contribution in [0, 0.1) is 0 Å². The number of aliphatic hydroxyl groups excluding tert-OH is 1. The molecule has 1 aromatic rings. The molecule has 2 rings (SSSR count). The Kier molecular flexibility index (Phi) is 4.48. The van der Waals surface area contributed by atoms with Gasteiger partial charge in [0.1, 0.15) is 16.3 Å². The summed E-state index contributed by atoms with van der Waals surface area (Å²) in [6.07, 6.45) is -0.371. The molecule has 7 nitrogen and oxygen atoms in total. The van der Waals surface area contributed by atoms with Crippen LogP contribution in [0.1, 0.15) is 36.3 Å². The molecule has 2 amide bonds. The highest BCUT2D eigenvalue weighted by Gasteiger charge is 2.34. The topological polar surface area (TPSA) is 91.8 Å². The number of hydrogen-bond donors (Lipinski definition) is 2. The molecule has 1 aromatic heterocycles. The molecule has 0 spiro atoms. The van der Waals surface area contributed by atoms with Crippen molar-refractivity contribution in [3.63, 3.8) is 0 Å². The number of thiazole rings is 1. The molecule has 0 radical (unpaired) electrons. The quantitative estimate of drug-likeness (QED) is 0.868. The van der Waals surface area contributed by atoms with E-state index in [0.717, 1.165) is 0 Å². The third-order valence-corrected chi connectivity index (χ3v) is 3.62. The number of likely N-dealkylation sites (tertiary alicyclic amines) is 1. The molecule has 21 heavy (non-hydrogen) atoms. The monoisotopic (exact) mass is 313 g/mol. The lowest BCUT2D eigenvalue weighted by Gasteiger charge is -2.39. The number of nitrogens with one attached hydrogen (secondary N) is 1. The van der Waals surface area contributed by atoms with Crippen molar-refractivity contribution in [2.45, 2.75) is 39.0 Å². The number of ether oxygens (including phenoxy) is 1. The van der Waals surface area contributed by atoms with Crippen LogP contribution in [0.5, 0.6) is 0 Å². The Labute approximate surface area is 126 Å². The fourth-order valence-corrected chi connectivity index (χ4v) is 2.43. The fourth-order valence-electron chi connectivity index (χ4n) is 1.79. The van der Waals surface area contributed by atoms with E-state index in [1.165, 1.54) is 16.2 Å². The van der Waals surface area contributed by atoms with E-state index in [9.17, 15) is 9.59 Å². The molecule has 0 bridgehead atoms. The van der Waals surface area contributed by atoms with Crippen molar-refractivity contribution in [2.24, 2.45) is 0 Å². The minimum absolute atomic E-state index is 0.0932. The van der Waals surface area contributed by atoms with Crippen LogP contribution in [0.15, 0.2) is 5.38 Å². The molecule has 0 atom stereocenters. The van der Waals surface area contributed by atoms with Gasteiger partial charge in [0.25, 0.3) is 5.91 Å². The van der Waals surface area contributed by atoms with Gasteiger partial charge in [-0.25, -0.2) is 9.78 Å². The number of amides is 2. The number of aromatic nitrogens is 1. The predicted octanol–water partition coefficient (Wildman–Crippen LogP) is 0.984. The minimum Gasteiger partial charge on any atom is -0.444 e. The van der Waals surface area contributed by atoms with Gasteiger partial charge in [-0.1, -0.05) is 0 Å². The average molecular weight is 313 g/mol. The van der Waals surface area contributed by atoms with E-state index in [-0.39, 0.29) is 24.6 Å². The van der Waals surface area contributed by atoms with Crippen LogP contribution in [0.4, 0.5) is 4.79 Å². The molecule has 0 unspecified atom stereocenters. The third kappa shape index (κ3) is 4.15. The van der Waals surface area contributed by atoms with E-state index >= 15 is 0 Å². The maximum Gasteiger partial charge on any atom is 0.410 e. The Morgan fingerprint density at radius 3 is 2.71 bits per heavy atom. The summed E-state index contributed by atoms with van der Waals surface area (Å²) >= 11 is 1.24. The molecule has 1 aliphatic heterocycles. The maximum atomic E-state index is 11.9. The molecule has 0 saturated carbocycles. The van der Waals surface area contributed by atoms with Crippen molar-refractivity contribution in [3.05, 3.63) is 16.1 Å². The Morgan fingerprint density at radius 2 is 2.19 bits per heavy atom. The van der Waals surface area contributed by atoms with Gasteiger partial charge in [0.05, 0.1) is 12.6 Å². The molecular weight excluding hydrogens is 294 g/mol. The van der Waals surface area contributed by atoms with Crippen LogP contribution >= 0.6 is 11.3 Å². The van der Waals surface area contributed by atoms with Crippen molar-refractivity contribution in [1.29, 1.82) is 0 Å². The summed E-state index contributed by atoms with van der Waals surface area (Å²) in [5, 5.41) is 13.8. The highest BCUT2D eigenvalue weighted by atomic mass is 32.1. The smallest absolute Gasteiger partial charge is 0.410 e. The number of nitrogens with zero attached hydrogens (tertiary/aromatic N) is 2. The lowest BCUT2D eigenvalue weighted by molar-refractivity contribution is 0.00531. The fraction of sp³-hybridized carbons (Fsp3) is 0.615. The third-order valence-electron chi connectivity index (χ3n) is 2.79. The number of carbonyl (C=O) groups is 2. The van der Waals surface area contributed by atoms with E-state index in [4.69, 9.17) is 9.84 Å². The van der Waals surface area contributed by atoms with Crippen molar-refractivity contribution >= 4 is 23.3 Å². The van der Waals surface area contributed by atoms with E-state index < -0.39 is 5.60 Å². The molecular formula is C13H19N3O4S. The summed E-state index contributed by atoms with van der Waals surface area (Å²) in [4.78, 5) is 29.2. The van der Waals surface area contributed by atoms with Gasteiger partial charge in [-0.2, -0.15) is 0 Å². The number of rotatable bonds is 3. The molecule has 1 aliphatic rings. The van der Waals surface area contributed by atoms with Crippen molar-refractivity contribution in [2.75, 3.05) is 13.1 Å². The molecule has 0 aliphatic carbocycles. The largest absolute Gasteiger partial charge is 0.444 e. The van der Waals surface area contributed by atoms with E-state index in [2.05, 4.69) is 10.3 Å². The zero-order valence-corrected chi connectivity index (χ0v) is 13.1. The van der Waals surface area contributed by atoms with E-state index in [0.29, 0.717) is 23.8 Å². The number of hydrogen-bond acceptors (Lipinski definition) is 6. The standard InChI is InChI=1S/C13H19N3O4S/c1-13(2,3)20-12(19)16-4-8(5-16)14-11(18)9-7-21-10(6-17)15-9/h7-8,17H,4-6H2,1-3H3,(H,14,18). The number of aliphatic hydroxyl groups is 1. The summed E-state index contributed by atoms with van der Waals surface area (Å²) < 4.78 is 5.23. The lowest BCUT2D eigenvalue weighted by Crippen LogP contribution is -2.61. The first-order chi connectivity index (χ1) is 9.78. The van der Waals surface area contributed by atoms with Crippen molar-refractivity contribution < 1.29 is 19.4 Å². The molecule has 1 fully saturated rings. The van der Waals surface area contributed by atoms with Gasteiger partial charge in [-0.3, -0.25) is 4.79 Å². The number of carbonyl (C=O) groups excluding carboxylic acids is 2. The van der Waals surface area contributed by atoms with Crippen molar-refractivity contribution in [3.8, 4) is 0 Å². The summed E-state index contributed by atoms with van der Waals surface area (Å²) in [6.45, 7) is 6.11. The van der Waals surface area contributed by atoms with Crippen LogP contribution in [0.3, 0.4) is 0 Å². The first kappa shape index (κ1) is 15.7. The molecule has 0 aromatic carbocycles. The zero-order chi connectivity index (χ0) is 15.6. The van der Waals surface area contributed by atoms with Crippen LogP contribution in [-0.4, -0.2) is 51.7 Å². The summed E-state index contributed by atoms with van der Waals surface area (Å²) in [6, 6.07) is -0.0932. The normalized spacial score (nSPS) is 15.5. The second kappa shape index (κ2) is 5.98. The van der Waals surface area contributed by atoms with Gasteiger partial charge in [0.15, 0.2) is 0 Å². The maximum absolute atomic E-state index is 11.9. The molecule has 116 valence electrons. The summed E-state index contributed by atoms with van der Waals surface area (Å²) in [7, 11) is 0. The van der Waals surface area contributed by atoms with E-state index in [1.54, 1.807) is 5.38 Å². The Morgan fingerprint density at radius 1 is 1.52 bits per heavy atom. The van der Waals surface area contributed by atoms with Crippen LogP contribution in [0.25, 0.3) is 0 Å². The summed E-state index contributed by atoms with van der Waals surface area (Å²) in [5.41, 5.74) is -0.230. The molecule has 2 heterocycles. The van der Waals surface area contributed by atoms with Gasteiger partial charge < -0.3 is 20.1 Å². The molecule has 1 saturated heterocycles. The Hall–Kier alpha value is -1.67. The van der Waals surface area contributed by atoms with Crippen LogP contribution in [0.2, 0.25) is 0 Å². The SMILES string of the molecule is CC(C)(C)OC(=O)N1CC(NC(=O)c2csc(CO)n2)C1. The first-order valence-electron chi connectivity index (χ1n) is 6.62. The second-order valence-corrected chi connectivity index (χ2v) is 6.78. The highest BCUT2D eigenvalue weighted by Crippen LogP contribution is 2.16. The second-order valence-electron chi connectivity index (χ2n) is 5.84. The average Bonchev–Trinajstić information content (AvgIpc) is 2.79. The van der Waals surface area contributed by atoms with Crippen LogP contribution in [-0.2, 0) is 11.3 Å². The van der Waals surface area contributed by atoms with Crippen molar-refractivity contribution in [1.82, 2.24) is 15.2 Å². The van der Waals surface area contributed by atoms with Crippen LogP contribution < -0.4 is 5.32 Å². The Balaban J connectivity index is 1.77. The van der Waals surface area contributed by atoms with Gasteiger partial charge in [0.2, 0.25) is 0 Å².